The summed E-state index contributed by atoms with van der Waals surface area (Å²) in [6, 6.07) is 20.3. The molecule has 0 saturated heterocycles. The monoisotopic (exact) mass is 423 g/mol. The third kappa shape index (κ3) is 5.42. The lowest BCUT2D eigenvalue weighted by Gasteiger charge is -2.08. The zero-order chi connectivity index (χ0) is 21.5. The van der Waals surface area contributed by atoms with Crippen LogP contribution in [-0.2, 0) is 6.61 Å². The van der Waals surface area contributed by atoms with Crippen molar-refractivity contribution in [2.45, 2.75) is 13.5 Å². The Bertz CT molecular complexity index is 1080. The molecule has 0 fully saturated rings. The van der Waals surface area contributed by atoms with Crippen LogP contribution in [0.4, 0.5) is 5.69 Å². The van der Waals surface area contributed by atoms with Crippen molar-refractivity contribution in [3.63, 3.8) is 0 Å². The summed E-state index contributed by atoms with van der Waals surface area (Å²) in [5.41, 5.74) is 4.36. The normalized spacial score (nSPS) is 11.1. The number of benzene rings is 3. The summed E-state index contributed by atoms with van der Waals surface area (Å²) in [4.78, 5) is 22.7. The molecule has 0 atom stereocenters. The molecule has 0 aliphatic carbocycles. The van der Waals surface area contributed by atoms with Gasteiger partial charge in [-0.15, -0.1) is 0 Å². The van der Waals surface area contributed by atoms with Crippen LogP contribution in [0.25, 0.3) is 0 Å². The lowest BCUT2D eigenvalue weighted by molar-refractivity contribution is -0.385. The number of amides is 1. The number of hydrogen-bond acceptors (Lipinski definition) is 5. The number of nitro groups is 1. The summed E-state index contributed by atoms with van der Waals surface area (Å²) in [5, 5.41) is 15.8. The highest BCUT2D eigenvalue weighted by Gasteiger charge is 2.18. The molecule has 0 aliphatic rings. The summed E-state index contributed by atoms with van der Waals surface area (Å²) >= 11 is 5.87. The summed E-state index contributed by atoms with van der Waals surface area (Å²) < 4.78 is 5.74. The molecule has 0 heterocycles. The fourth-order valence-electron chi connectivity index (χ4n) is 2.62. The molecule has 0 saturated carbocycles. The van der Waals surface area contributed by atoms with Gasteiger partial charge in [-0.25, -0.2) is 5.43 Å². The Morgan fingerprint density at radius 2 is 1.73 bits per heavy atom. The highest BCUT2D eigenvalue weighted by Crippen LogP contribution is 2.18. The summed E-state index contributed by atoms with van der Waals surface area (Å²) in [7, 11) is 0. The molecular formula is C22H18ClN3O4. The molecule has 152 valence electrons. The number of nitro benzene ring substituents is 1. The first kappa shape index (κ1) is 21.0. The fourth-order valence-corrected chi connectivity index (χ4v) is 2.75. The molecule has 0 radical (unpaired) electrons. The Hall–Kier alpha value is -3.71. The highest BCUT2D eigenvalue weighted by molar-refractivity contribution is 6.30. The quantitative estimate of drug-likeness (QED) is 0.329. The number of para-hydroxylation sites is 1. The predicted molar refractivity (Wildman–Crippen MR) is 115 cm³/mol. The number of carbonyl (C=O) groups excluding carboxylic acids is 1. The van der Waals surface area contributed by atoms with Gasteiger partial charge in [0.1, 0.15) is 17.9 Å². The average Bonchev–Trinajstić information content (AvgIpc) is 2.77. The molecule has 0 unspecified atom stereocenters. The number of rotatable bonds is 7. The largest absolute Gasteiger partial charge is 0.489 e. The van der Waals surface area contributed by atoms with E-state index in [0.717, 1.165) is 11.1 Å². The van der Waals surface area contributed by atoms with Gasteiger partial charge in [-0.2, -0.15) is 5.10 Å². The summed E-state index contributed by atoms with van der Waals surface area (Å²) in [5.74, 6) is 0.0370. The molecule has 0 spiro atoms. The van der Waals surface area contributed by atoms with Crippen LogP contribution >= 0.6 is 11.6 Å². The molecule has 30 heavy (non-hydrogen) atoms. The second-order valence-corrected chi connectivity index (χ2v) is 6.79. The van der Waals surface area contributed by atoms with Crippen molar-refractivity contribution in [3.8, 4) is 5.75 Å². The molecule has 8 heteroatoms. The molecule has 0 aliphatic heterocycles. The molecule has 3 rings (SSSR count). The van der Waals surface area contributed by atoms with Crippen LogP contribution in [0.2, 0.25) is 5.02 Å². The van der Waals surface area contributed by atoms with Gasteiger partial charge < -0.3 is 4.74 Å². The highest BCUT2D eigenvalue weighted by atomic mass is 35.5. The van der Waals surface area contributed by atoms with Crippen LogP contribution < -0.4 is 10.2 Å². The lowest BCUT2D eigenvalue weighted by atomic mass is 10.1. The minimum Gasteiger partial charge on any atom is -0.489 e. The number of nitrogens with zero attached hydrogens (tertiary/aromatic N) is 2. The van der Waals surface area contributed by atoms with Gasteiger partial charge in [0.15, 0.2) is 0 Å². The van der Waals surface area contributed by atoms with E-state index in [1.165, 1.54) is 18.2 Å². The first-order valence-electron chi connectivity index (χ1n) is 9.00. The average molecular weight is 424 g/mol. The topological polar surface area (TPSA) is 93.8 Å². The molecule has 0 bridgehead atoms. The summed E-state index contributed by atoms with van der Waals surface area (Å²) in [6.07, 6.45) is 0. The van der Waals surface area contributed by atoms with Crippen LogP contribution in [0.5, 0.6) is 5.75 Å². The van der Waals surface area contributed by atoms with E-state index in [4.69, 9.17) is 16.3 Å². The minimum absolute atomic E-state index is 0.0509. The van der Waals surface area contributed by atoms with Crippen LogP contribution in [0.15, 0.2) is 77.9 Å². The fraction of sp³-hybridized carbons (Fsp3) is 0.0909. The number of halogens is 1. The Labute approximate surface area is 178 Å². The lowest BCUT2D eigenvalue weighted by Crippen LogP contribution is -2.20. The second-order valence-electron chi connectivity index (χ2n) is 6.35. The maximum absolute atomic E-state index is 12.2. The maximum atomic E-state index is 12.2. The number of hydrazone groups is 1. The molecule has 0 aromatic heterocycles. The van der Waals surface area contributed by atoms with E-state index in [2.05, 4.69) is 10.5 Å². The van der Waals surface area contributed by atoms with E-state index in [1.807, 2.05) is 36.4 Å². The number of ether oxygens (including phenoxy) is 1. The van der Waals surface area contributed by atoms with E-state index in [-0.39, 0.29) is 11.3 Å². The molecule has 3 aromatic carbocycles. The van der Waals surface area contributed by atoms with Crippen molar-refractivity contribution in [1.29, 1.82) is 0 Å². The predicted octanol–water partition coefficient (Wildman–Crippen LogP) is 4.98. The van der Waals surface area contributed by atoms with E-state index in [1.54, 1.807) is 25.1 Å². The van der Waals surface area contributed by atoms with Crippen molar-refractivity contribution >= 4 is 28.9 Å². The van der Waals surface area contributed by atoms with Gasteiger partial charge in [-0.1, -0.05) is 35.9 Å². The van der Waals surface area contributed by atoms with Gasteiger partial charge in [-0.05, 0) is 60.5 Å². The molecule has 1 amide bonds. The van der Waals surface area contributed by atoms with E-state index in [0.29, 0.717) is 23.1 Å². The first-order valence-corrected chi connectivity index (χ1v) is 9.37. The van der Waals surface area contributed by atoms with Gasteiger partial charge in [0.25, 0.3) is 11.6 Å². The number of nitrogens with one attached hydrogen (secondary N) is 1. The Morgan fingerprint density at radius 3 is 2.40 bits per heavy atom. The van der Waals surface area contributed by atoms with Gasteiger partial charge in [0.2, 0.25) is 0 Å². The number of hydrogen-bond donors (Lipinski definition) is 1. The van der Waals surface area contributed by atoms with E-state index in [9.17, 15) is 14.9 Å². The van der Waals surface area contributed by atoms with Crippen molar-refractivity contribution < 1.29 is 14.5 Å². The third-order valence-corrected chi connectivity index (χ3v) is 4.51. The maximum Gasteiger partial charge on any atom is 0.282 e. The molecule has 3 aromatic rings. The van der Waals surface area contributed by atoms with Gasteiger partial charge in [0.05, 0.1) is 10.6 Å². The van der Waals surface area contributed by atoms with Crippen LogP contribution in [0.1, 0.15) is 28.4 Å². The van der Waals surface area contributed by atoms with Gasteiger partial charge in [0, 0.05) is 11.1 Å². The smallest absolute Gasteiger partial charge is 0.282 e. The standard InChI is InChI=1S/C22H18ClN3O4/c1-15(24-25-22(27)20-4-2-3-5-21(20)26(28)29)17-8-12-19(13-9-17)30-14-16-6-10-18(23)11-7-16/h2-13H,14H2,1H3,(H,25,27). The minimum atomic E-state index is -0.649. The SMILES string of the molecule is CC(=NNC(=O)c1ccccc1[N+](=O)[O-])c1ccc(OCc2ccc(Cl)cc2)cc1. The first-order chi connectivity index (χ1) is 14.4. The zero-order valence-electron chi connectivity index (χ0n) is 16.0. The zero-order valence-corrected chi connectivity index (χ0v) is 16.8. The van der Waals surface area contributed by atoms with Crippen molar-refractivity contribution in [3.05, 3.63) is 105 Å². The Kier molecular flexibility index (Phi) is 6.77. The van der Waals surface area contributed by atoms with Crippen molar-refractivity contribution in [2.75, 3.05) is 0 Å². The van der Waals surface area contributed by atoms with Crippen LogP contribution in [0, 0.1) is 10.1 Å². The number of carbonyl (C=O) groups is 1. The van der Waals surface area contributed by atoms with E-state index < -0.39 is 10.8 Å². The van der Waals surface area contributed by atoms with E-state index >= 15 is 0 Å². The Morgan fingerprint density at radius 1 is 1.07 bits per heavy atom. The summed E-state index contributed by atoms with van der Waals surface area (Å²) in [6.45, 7) is 2.14. The van der Waals surface area contributed by atoms with Crippen LogP contribution in [0.3, 0.4) is 0 Å². The van der Waals surface area contributed by atoms with Crippen molar-refractivity contribution in [1.82, 2.24) is 5.43 Å². The second kappa shape index (κ2) is 9.67. The third-order valence-electron chi connectivity index (χ3n) is 4.26. The molecular weight excluding hydrogens is 406 g/mol. The molecule has 7 nitrogen and oxygen atoms in total. The Balaban J connectivity index is 1.62. The van der Waals surface area contributed by atoms with Gasteiger partial charge in [-0.3, -0.25) is 14.9 Å². The van der Waals surface area contributed by atoms with Gasteiger partial charge >= 0.3 is 0 Å². The van der Waals surface area contributed by atoms with Crippen LogP contribution in [-0.4, -0.2) is 16.5 Å². The molecule has 1 N–H and O–H groups in total. The van der Waals surface area contributed by atoms with Crippen molar-refractivity contribution in [2.24, 2.45) is 5.10 Å².